The van der Waals surface area contributed by atoms with Crippen LogP contribution in [-0.4, -0.2) is 22.3 Å². The lowest BCUT2D eigenvalue weighted by Gasteiger charge is -2.32. The Morgan fingerprint density at radius 3 is 2.69 bits per heavy atom. The second kappa shape index (κ2) is 4.21. The highest BCUT2D eigenvalue weighted by molar-refractivity contribution is 6.26. The molecule has 0 saturated heterocycles. The largest absolute Gasteiger partial charge is 0.478 e. The van der Waals surface area contributed by atoms with Crippen molar-refractivity contribution in [3.05, 3.63) is 36.1 Å². The van der Waals surface area contributed by atoms with Crippen LogP contribution in [0.15, 0.2) is 36.1 Å². The van der Waals surface area contributed by atoms with Gasteiger partial charge in [0.2, 0.25) is 5.00 Å². The quantitative estimate of drug-likeness (QED) is 0.450. The molecule has 0 bridgehead atoms. The fourth-order valence-corrected chi connectivity index (χ4v) is 1.28. The van der Waals surface area contributed by atoms with Gasteiger partial charge in [-0.1, -0.05) is 17.7 Å². The molecule has 0 fully saturated rings. The van der Waals surface area contributed by atoms with Crippen LogP contribution in [0.25, 0.3) is 0 Å². The molecule has 1 rings (SSSR count). The highest BCUT2D eigenvalue weighted by Gasteiger charge is 2.55. The number of dihydropyridines is 1. The Kier molecular flexibility index (Phi) is 3.32. The van der Waals surface area contributed by atoms with Crippen LogP contribution < -0.4 is 5.32 Å². The Bertz CT molecular complexity index is 387. The lowest BCUT2D eigenvalue weighted by molar-refractivity contribution is -0.157. The number of carboxylic acids is 1. The summed E-state index contributed by atoms with van der Waals surface area (Å²) in [5.41, 5.74) is -0.383. The number of allylic oxidation sites excluding steroid dienone is 2. The molecule has 88 valence electrons. The van der Waals surface area contributed by atoms with Gasteiger partial charge in [-0.15, -0.1) is 0 Å². The first-order chi connectivity index (χ1) is 7.27. The third-order valence-corrected chi connectivity index (χ3v) is 2.39. The molecule has 0 aliphatic carbocycles. The van der Waals surface area contributed by atoms with E-state index in [1.54, 1.807) is 0 Å². The predicted molar refractivity (Wildman–Crippen MR) is 51.8 cm³/mol. The summed E-state index contributed by atoms with van der Waals surface area (Å²) in [4.78, 5) is 7.44. The van der Waals surface area contributed by atoms with Gasteiger partial charge >= 0.3 is 12.1 Å². The summed E-state index contributed by atoms with van der Waals surface area (Å²) in [6.45, 7) is 0. The van der Waals surface area contributed by atoms with Crippen LogP contribution in [0.1, 0.15) is 0 Å². The van der Waals surface area contributed by atoms with Crippen LogP contribution in [0.3, 0.4) is 0 Å². The summed E-state index contributed by atoms with van der Waals surface area (Å²) >= 11 is 5.40. The van der Waals surface area contributed by atoms with E-state index in [1.165, 1.54) is 6.08 Å². The highest BCUT2D eigenvalue weighted by Crippen LogP contribution is 2.41. The second-order valence-electron chi connectivity index (χ2n) is 2.95. The molecule has 1 atom stereocenters. The Morgan fingerprint density at radius 2 is 2.19 bits per heavy atom. The summed E-state index contributed by atoms with van der Waals surface area (Å²) in [6.07, 6.45) is 0.0891. The smallest absolute Gasteiger partial charge is 0.430 e. The minimum Gasteiger partial charge on any atom is -0.478 e. The number of hydrogen-bond acceptors (Lipinski definition) is 2. The fourth-order valence-electron chi connectivity index (χ4n) is 1.09. The van der Waals surface area contributed by atoms with Crippen molar-refractivity contribution in [2.75, 3.05) is 0 Å². The number of rotatable bonds is 2. The van der Waals surface area contributed by atoms with E-state index >= 15 is 0 Å². The Hall–Kier alpha value is -1.43. The molecule has 2 N–H and O–H groups in total. The molecule has 0 saturated carbocycles. The molecule has 0 aromatic carbocycles. The average Bonchev–Trinajstić information content (AvgIpc) is 2.14. The van der Waals surface area contributed by atoms with Crippen LogP contribution in [0.5, 0.6) is 0 Å². The Labute approximate surface area is 93.9 Å². The van der Waals surface area contributed by atoms with Gasteiger partial charge in [0.15, 0.2) is 0 Å². The van der Waals surface area contributed by atoms with Gasteiger partial charge in [0.25, 0.3) is 0 Å². The Balaban J connectivity index is 3.08. The fraction of sp³-hybridized carbons (Fsp3) is 0.222. The van der Waals surface area contributed by atoms with E-state index in [-0.39, 0.29) is 5.57 Å². The third-order valence-electron chi connectivity index (χ3n) is 1.85. The SMILES string of the molecule is O=C(O)C=CC1=CC=CNC1(Cl)C(F)(F)F. The molecular weight excluding hydrogens is 247 g/mol. The molecule has 0 aromatic heterocycles. The first-order valence-corrected chi connectivity index (χ1v) is 4.47. The van der Waals surface area contributed by atoms with E-state index in [1.807, 2.05) is 5.32 Å². The number of hydrogen-bond donors (Lipinski definition) is 2. The molecule has 1 heterocycles. The molecule has 1 aliphatic rings. The van der Waals surface area contributed by atoms with Crippen molar-refractivity contribution in [2.45, 2.75) is 11.2 Å². The van der Waals surface area contributed by atoms with Crippen LogP contribution in [-0.2, 0) is 4.79 Å². The normalized spacial score (nSPS) is 25.4. The van der Waals surface area contributed by atoms with E-state index in [0.717, 1.165) is 18.4 Å². The minimum absolute atomic E-state index is 0.383. The zero-order valence-corrected chi connectivity index (χ0v) is 8.51. The number of carbonyl (C=O) groups is 1. The molecule has 0 spiro atoms. The van der Waals surface area contributed by atoms with Crippen LogP contribution in [0.2, 0.25) is 0 Å². The first-order valence-electron chi connectivity index (χ1n) is 4.09. The number of carboxylic acid groups (broad SMARTS) is 1. The van der Waals surface area contributed by atoms with E-state index in [0.29, 0.717) is 6.08 Å². The van der Waals surface area contributed by atoms with Gasteiger partial charge in [-0.2, -0.15) is 13.2 Å². The van der Waals surface area contributed by atoms with E-state index in [9.17, 15) is 18.0 Å². The van der Waals surface area contributed by atoms with Gasteiger partial charge in [-0.25, -0.2) is 4.79 Å². The zero-order chi connectivity index (χ0) is 12.4. The van der Waals surface area contributed by atoms with E-state index in [2.05, 4.69) is 0 Å². The minimum atomic E-state index is -4.74. The molecule has 1 aliphatic heterocycles. The lowest BCUT2D eigenvalue weighted by Crippen LogP contribution is -2.52. The maximum atomic E-state index is 12.6. The number of halogens is 4. The molecule has 0 aromatic rings. The van der Waals surface area contributed by atoms with Gasteiger partial charge in [-0.3, -0.25) is 0 Å². The van der Waals surface area contributed by atoms with Gasteiger partial charge in [0.05, 0.1) is 0 Å². The Morgan fingerprint density at radius 1 is 1.56 bits per heavy atom. The van der Waals surface area contributed by atoms with Gasteiger partial charge in [0.1, 0.15) is 0 Å². The number of nitrogens with one attached hydrogen (secondary N) is 1. The average molecular weight is 254 g/mol. The van der Waals surface area contributed by atoms with E-state index < -0.39 is 17.1 Å². The number of aliphatic carboxylic acids is 1. The molecule has 3 nitrogen and oxygen atoms in total. The predicted octanol–water partition coefficient (Wildman–Crippen LogP) is 2.17. The van der Waals surface area contributed by atoms with Crippen molar-refractivity contribution >= 4 is 17.6 Å². The number of alkyl halides is 4. The molecular formula is C9H7ClF3NO2. The molecule has 0 amide bonds. The van der Waals surface area contributed by atoms with Crippen molar-refractivity contribution in [3.63, 3.8) is 0 Å². The van der Waals surface area contributed by atoms with Gasteiger partial charge < -0.3 is 10.4 Å². The van der Waals surface area contributed by atoms with Crippen molar-refractivity contribution < 1.29 is 23.1 Å². The van der Waals surface area contributed by atoms with Crippen molar-refractivity contribution in [1.29, 1.82) is 0 Å². The van der Waals surface area contributed by atoms with Crippen molar-refractivity contribution in [1.82, 2.24) is 5.32 Å². The maximum Gasteiger partial charge on any atom is 0.430 e. The maximum absolute atomic E-state index is 12.6. The van der Waals surface area contributed by atoms with Crippen LogP contribution >= 0.6 is 11.6 Å². The van der Waals surface area contributed by atoms with Gasteiger partial charge in [0, 0.05) is 11.6 Å². The first kappa shape index (κ1) is 12.6. The summed E-state index contributed by atoms with van der Waals surface area (Å²) < 4.78 is 37.9. The second-order valence-corrected chi connectivity index (χ2v) is 3.52. The van der Waals surface area contributed by atoms with Crippen molar-refractivity contribution in [2.24, 2.45) is 0 Å². The molecule has 0 radical (unpaired) electrons. The summed E-state index contributed by atoms with van der Waals surface area (Å²) in [7, 11) is 0. The monoisotopic (exact) mass is 253 g/mol. The molecule has 1 unspecified atom stereocenters. The van der Waals surface area contributed by atoms with Crippen LogP contribution in [0.4, 0.5) is 13.2 Å². The van der Waals surface area contributed by atoms with Crippen LogP contribution in [0, 0.1) is 0 Å². The third kappa shape index (κ3) is 2.38. The standard InChI is InChI=1S/C9H7ClF3NO2/c10-8(9(11,12)13)6(2-1-5-14-8)3-4-7(15)16/h1-5,14H,(H,15,16). The molecule has 16 heavy (non-hydrogen) atoms. The van der Waals surface area contributed by atoms with Crippen molar-refractivity contribution in [3.8, 4) is 0 Å². The molecule has 7 heteroatoms. The zero-order valence-electron chi connectivity index (χ0n) is 7.75. The topological polar surface area (TPSA) is 49.3 Å². The van der Waals surface area contributed by atoms with Gasteiger partial charge in [-0.05, 0) is 18.4 Å². The highest BCUT2D eigenvalue weighted by atomic mass is 35.5. The summed E-state index contributed by atoms with van der Waals surface area (Å²) in [6, 6.07) is 0. The summed E-state index contributed by atoms with van der Waals surface area (Å²) in [5.74, 6) is -1.35. The summed E-state index contributed by atoms with van der Waals surface area (Å²) in [5, 5.41) is 10.3. The lowest BCUT2D eigenvalue weighted by atomic mass is 10.0. The van der Waals surface area contributed by atoms with E-state index in [4.69, 9.17) is 16.7 Å².